The van der Waals surface area contributed by atoms with Crippen LogP contribution in [0.2, 0.25) is 0 Å². The van der Waals surface area contributed by atoms with E-state index in [-0.39, 0.29) is 5.92 Å². The molecule has 0 unspecified atom stereocenters. The van der Waals surface area contributed by atoms with Gasteiger partial charge in [-0.15, -0.1) is 0 Å². The van der Waals surface area contributed by atoms with Crippen molar-refractivity contribution in [2.45, 2.75) is 26.2 Å². The average molecular weight is 144 g/mol. The molecule has 0 spiro atoms. The van der Waals surface area contributed by atoms with Crippen LogP contribution in [0.5, 0.6) is 0 Å². The highest BCUT2D eigenvalue weighted by Gasteiger charge is 2.08. The molecule has 0 fully saturated rings. The van der Waals surface area contributed by atoms with Crippen LogP contribution in [0, 0.1) is 5.92 Å². The summed E-state index contributed by atoms with van der Waals surface area (Å²) in [7, 11) is 0. The number of hydrogen-bond donors (Lipinski definition) is 1. The third-order valence-electron chi connectivity index (χ3n) is 1.38. The van der Waals surface area contributed by atoms with Crippen molar-refractivity contribution in [3.05, 3.63) is 0 Å². The third kappa shape index (κ3) is 4.06. The Morgan fingerprint density at radius 2 is 2.30 bits per heavy atom. The molecule has 1 atom stereocenters. The van der Waals surface area contributed by atoms with Gasteiger partial charge in [-0.3, -0.25) is 4.79 Å². The van der Waals surface area contributed by atoms with Crippen LogP contribution in [-0.4, -0.2) is 17.4 Å². The zero-order valence-electron chi connectivity index (χ0n) is 6.04. The van der Waals surface area contributed by atoms with Crippen LogP contribution in [0.1, 0.15) is 26.2 Å². The van der Waals surface area contributed by atoms with Gasteiger partial charge in [-0.25, -0.2) is 0 Å². The van der Waals surface area contributed by atoms with Gasteiger partial charge >= 0.3 is 5.97 Å². The molecule has 0 saturated carbocycles. The fraction of sp³-hybridized carbons (Fsp3) is 0.714. The topological polar surface area (TPSA) is 54.4 Å². The first-order valence-corrected chi connectivity index (χ1v) is 3.35. The number of aldehydes is 1. The molecule has 0 bridgehead atoms. The number of hydrogen-bond acceptors (Lipinski definition) is 2. The average Bonchev–Trinajstić information content (AvgIpc) is 1.88. The molecule has 0 aliphatic rings. The summed E-state index contributed by atoms with van der Waals surface area (Å²) in [5.41, 5.74) is 0. The van der Waals surface area contributed by atoms with Crippen LogP contribution in [0.25, 0.3) is 0 Å². The van der Waals surface area contributed by atoms with Crippen molar-refractivity contribution in [3.63, 3.8) is 0 Å². The first kappa shape index (κ1) is 9.14. The van der Waals surface area contributed by atoms with Crippen molar-refractivity contribution < 1.29 is 14.7 Å². The first-order chi connectivity index (χ1) is 4.68. The summed E-state index contributed by atoms with van der Waals surface area (Å²) in [5, 5.41) is 8.39. The van der Waals surface area contributed by atoms with E-state index in [1.807, 2.05) is 0 Å². The number of carboxylic acid groups (broad SMARTS) is 1. The molecule has 0 heterocycles. The van der Waals surface area contributed by atoms with E-state index in [2.05, 4.69) is 0 Å². The molecule has 0 aromatic rings. The molecule has 3 nitrogen and oxygen atoms in total. The number of carboxylic acids is 1. The summed E-state index contributed by atoms with van der Waals surface area (Å²) in [6.07, 6.45) is 2.55. The van der Waals surface area contributed by atoms with Crippen molar-refractivity contribution in [2.24, 2.45) is 5.92 Å². The van der Waals surface area contributed by atoms with Gasteiger partial charge in [0, 0.05) is 6.42 Å². The van der Waals surface area contributed by atoms with Crippen molar-refractivity contribution in [2.75, 3.05) is 0 Å². The number of rotatable bonds is 5. The van der Waals surface area contributed by atoms with E-state index in [1.165, 1.54) is 0 Å². The molecule has 3 heteroatoms. The maximum Gasteiger partial charge on any atom is 0.306 e. The fourth-order valence-corrected chi connectivity index (χ4v) is 0.631. The molecule has 0 radical (unpaired) electrons. The quantitative estimate of drug-likeness (QED) is 0.464. The lowest BCUT2D eigenvalue weighted by Gasteiger charge is -2.01. The fourth-order valence-electron chi connectivity index (χ4n) is 0.631. The highest BCUT2D eigenvalue weighted by atomic mass is 16.4. The molecular weight excluding hydrogens is 132 g/mol. The van der Waals surface area contributed by atoms with Crippen molar-refractivity contribution >= 4 is 12.3 Å². The summed E-state index contributed by atoms with van der Waals surface area (Å²) in [4.78, 5) is 20.0. The van der Waals surface area contributed by atoms with Crippen LogP contribution >= 0.6 is 0 Å². The molecule has 0 saturated heterocycles. The predicted octanol–water partition coefficient (Wildman–Crippen LogP) is 1.08. The number of unbranched alkanes of at least 4 members (excludes halogenated alkanes) is 1. The number of aliphatic carboxylic acids is 1. The molecule has 0 aliphatic heterocycles. The van der Waals surface area contributed by atoms with Crippen LogP contribution in [0.4, 0.5) is 0 Å². The highest BCUT2D eigenvalue weighted by Crippen LogP contribution is 2.05. The monoisotopic (exact) mass is 144 g/mol. The van der Waals surface area contributed by atoms with Gasteiger partial charge in [0.15, 0.2) is 0 Å². The molecule has 0 aromatic carbocycles. The van der Waals surface area contributed by atoms with E-state index in [4.69, 9.17) is 5.11 Å². The van der Waals surface area contributed by atoms with E-state index >= 15 is 0 Å². The summed E-state index contributed by atoms with van der Waals surface area (Å²) in [6.45, 7) is 1.65. The van der Waals surface area contributed by atoms with Gasteiger partial charge < -0.3 is 9.90 Å². The molecule has 1 N–H and O–H groups in total. The van der Waals surface area contributed by atoms with Gasteiger partial charge in [-0.05, 0) is 12.8 Å². The second-order valence-corrected chi connectivity index (χ2v) is 2.34. The first-order valence-electron chi connectivity index (χ1n) is 3.35. The Morgan fingerprint density at radius 3 is 2.70 bits per heavy atom. The molecule has 0 rings (SSSR count). The van der Waals surface area contributed by atoms with E-state index < -0.39 is 5.97 Å². The van der Waals surface area contributed by atoms with Crippen LogP contribution in [-0.2, 0) is 9.59 Å². The lowest BCUT2D eigenvalue weighted by Crippen LogP contribution is -2.08. The Morgan fingerprint density at radius 1 is 1.70 bits per heavy atom. The van der Waals surface area contributed by atoms with Crippen molar-refractivity contribution in [1.82, 2.24) is 0 Å². The number of carbonyl (C=O) groups is 2. The molecular formula is C7H12O3. The molecule has 10 heavy (non-hydrogen) atoms. The van der Waals surface area contributed by atoms with Crippen LogP contribution < -0.4 is 0 Å². The minimum absolute atomic E-state index is 0.319. The summed E-state index contributed by atoms with van der Waals surface area (Å²) >= 11 is 0. The van der Waals surface area contributed by atoms with Crippen molar-refractivity contribution in [1.29, 1.82) is 0 Å². The minimum atomic E-state index is -0.786. The second-order valence-electron chi connectivity index (χ2n) is 2.34. The minimum Gasteiger partial charge on any atom is -0.481 e. The van der Waals surface area contributed by atoms with E-state index in [9.17, 15) is 9.59 Å². The van der Waals surface area contributed by atoms with Gasteiger partial charge in [0.25, 0.3) is 0 Å². The summed E-state index contributed by atoms with van der Waals surface area (Å²) in [6, 6.07) is 0. The zero-order chi connectivity index (χ0) is 7.98. The Balaban J connectivity index is 3.30. The smallest absolute Gasteiger partial charge is 0.306 e. The van der Waals surface area contributed by atoms with Crippen LogP contribution in [0.15, 0.2) is 0 Å². The van der Waals surface area contributed by atoms with E-state index in [0.717, 1.165) is 6.29 Å². The Bertz CT molecular complexity index is 120. The van der Waals surface area contributed by atoms with Crippen LogP contribution in [0.3, 0.4) is 0 Å². The molecule has 58 valence electrons. The summed E-state index contributed by atoms with van der Waals surface area (Å²) < 4.78 is 0. The number of carbonyl (C=O) groups excluding carboxylic acids is 1. The largest absolute Gasteiger partial charge is 0.481 e. The van der Waals surface area contributed by atoms with Crippen molar-refractivity contribution in [3.8, 4) is 0 Å². The second kappa shape index (κ2) is 4.97. The Kier molecular flexibility index (Phi) is 4.54. The maximum absolute atomic E-state index is 10.2. The molecule has 0 aliphatic carbocycles. The van der Waals surface area contributed by atoms with E-state index in [0.29, 0.717) is 19.3 Å². The zero-order valence-corrected chi connectivity index (χ0v) is 6.04. The SMILES string of the molecule is C[C@@H](CCCC=O)C(=O)O. The van der Waals surface area contributed by atoms with Gasteiger partial charge in [0.05, 0.1) is 5.92 Å². The standard InChI is InChI=1S/C7H12O3/c1-6(7(9)10)4-2-3-5-8/h5-6H,2-4H2,1H3,(H,9,10)/t6-/m0/s1. The Labute approximate surface area is 60.0 Å². The van der Waals surface area contributed by atoms with Gasteiger partial charge in [0.2, 0.25) is 0 Å². The van der Waals surface area contributed by atoms with Gasteiger partial charge in [0.1, 0.15) is 6.29 Å². The molecule has 0 amide bonds. The third-order valence-corrected chi connectivity index (χ3v) is 1.38. The Hall–Kier alpha value is -0.860. The normalized spacial score (nSPS) is 12.5. The predicted molar refractivity (Wildman–Crippen MR) is 36.7 cm³/mol. The van der Waals surface area contributed by atoms with Gasteiger partial charge in [-0.1, -0.05) is 6.92 Å². The highest BCUT2D eigenvalue weighted by molar-refractivity contribution is 5.69. The van der Waals surface area contributed by atoms with E-state index in [1.54, 1.807) is 6.92 Å². The van der Waals surface area contributed by atoms with Gasteiger partial charge in [-0.2, -0.15) is 0 Å². The summed E-state index contributed by atoms with van der Waals surface area (Å²) in [5.74, 6) is -1.11. The lowest BCUT2D eigenvalue weighted by atomic mass is 10.1. The lowest BCUT2D eigenvalue weighted by molar-refractivity contribution is -0.141. The maximum atomic E-state index is 10.2. The molecule has 0 aromatic heterocycles.